The molecule has 1 aromatic heterocycles. The van der Waals surface area contributed by atoms with E-state index in [2.05, 4.69) is 10.4 Å². The van der Waals surface area contributed by atoms with Crippen molar-refractivity contribution in [2.45, 2.75) is 19.8 Å². The van der Waals surface area contributed by atoms with Crippen LogP contribution in [0.15, 0.2) is 29.6 Å². The van der Waals surface area contributed by atoms with Crippen LogP contribution < -0.4 is 0 Å². The molecule has 22 heavy (non-hydrogen) atoms. The van der Waals surface area contributed by atoms with Gasteiger partial charge in [0, 0.05) is 36.6 Å². The molecule has 4 nitrogen and oxygen atoms in total. The molecule has 2 aromatic rings. The fourth-order valence-electron chi connectivity index (χ4n) is 2.78. The van der Waals surface area contributed by atoms with Crippen molar-refractivity contribution in [1.82, 2.24) is 9.88 Å². The van der Waals surface area contributed by atoms with Gasteiger partial charge in [0.1, 0.15) is 0 Å². The zero-order valence-corrected chi connectivity index (χ0v) is 13.5. The third-order valence-corrected chi connectivity index (χ3v) is 4.89. The number of aliphatic hydroxyl groups excluding tert-OH is 1. The van der Waals surface area contributed by atoms with E-state index >= 15 is 0 Å². The number of carbonyl (C=O) groups excluding carboxylic acids is 1. The number of hydrogen-bond donors (Lipinski definition) is 1. The summed E-state index contributed by atoms with van der Waals surface area (Å²) in [5.41, 5.74) is 3.10. The summed E-state index contributed by atoms with van der Waals surface area (Å²) >= 11 is 1.64. The highest BCUT2D eigenvalue weighted by Crippen LogP contribution is 2.22. The van der Waals surface area contributed by atoms with E-state index in [1.165, 1.54) is 0 Å². The van der Waals surface area contributed by atoms with Crippen LogP contribution in [0.1, 0.15) is 17.0 Å². The Morgan fingerprint density at radius 3 is 2.77 bits per heavy atom. The van der Waals surface area contributed by atoms with Crippen LogP contribution in [0.2, 0.25) is 0 Å². The molecule has 0 aliphatic carbocycles. The summed E-state index contributed by atoms with van der Waals surface area (Å²) in [5.74, 6) is 0.396. The molecular formula is C17H20N2O2S. The molecule has 1 aliphatic rings. The Labute approximate surface area is 134 Å². The number of amides is 1. The van der Waals surface area contributed by atoms with Gasteiger partial charge in [-0.2, -0.15) is 0 Å². The lowest BCUT2D eigenvalue weighted by atomic mass is 10.1. The number of thiazole rings is 1. The number of aryl methyl sites for hydroxylation is 1. The normalized spacial score (nSPS) is 17.9. The smallest absolute Gasteiger partial charge is 0.227 e. The van der Waals surface area contributed by atoms with Crippen molar-refractivity contribution in [3.8, 4) is 11.3 Å². The number of benzene rings is 1. The number of likely N-dealkylation sites (tertiary alicyclic amines) is 1. The molecule has 5 heteroatoms. The maximum atomic E-state index is 12.3. The van der Waals surface area contributed by atoms with Gasteiger partial charge in [-0.25, -0.2) is 4.98 Å². The predicted molar refractivity (Wildman–Crippen MR) is 87.8 cm³/mol. The van der Waals surface area contributed by atoms with Crippen LogP contribution in [-0.2, 0) is 11.2 Å². The van der Waals surface area contributed by atoms with Crippen molar-refractivity contribution < 1.29 is 9.90 Å². The van der Waals surface area contributed by atoms with Gasteiger partial charge in [-0.3, -0.25) is 4.79 Å². The second kappa shape index (κ2) is 6.58. The lowest BCUT2D eigenvalue weighted by Crippen LogP contribution is -2.30. The van der Waals surface area contributed by atoms with E-state index in [1.807, 2.05) is 36.1 Å². The molecule has 116 valence electrons. The minimum atomic E-state index is 0.146. The van der Waals surface area contributed by atoms with Gasteiger partial charge < -0.3 is 10.0 Å². The fraction of sp³-hybridized carbons (Fsp3) is 0.412. The Kier molecular flexibility index (Phi) is 4.55. The molecule has 3 rings (SSSR count). The van der Waals surface area contributed by atoms with E-state index in [0.29, 0.717) is 13.0 Å². The molecule has 1 aromatic carbocycles. The van der Waals surface area contributed by atoms with Gasteiger partial charge in [0.2, 0.25) is 5.91 Å². The van der Waals surface area contributed by atoms with Crippen LogP contribution in [0.3, 0.4) is 0 Å². The Morgan fingerprint density at radius 1 is 1.41 bits per heavy atom. The number of rotatable bonds is 4. The molecule has 0 bridgehead atoms. The van der Waals surface area contributed by atoms with E-state index in [1.54, 1.807) is 11.3 Å². The third kappa shape index (κ3) is 3.36. The molecule has 0 radical (unpaired) electrons. The van der Waals surface area contributed by atoms with Gasteiger partial charge in [0.15, 0.2) is 0 Å². The van der Waals surface area contributed by atoms with Gasteiger partial charge in [0.25, 0.3) is 0 Å². The number of hydrogen-bond acceptors (Lipinski definition) is 4. The molecule has 1 unspecified atom stereocenters. The quantitative estimate of drug-likeness (QED) is 0.943. The Balaban J connectivity index is 1.62. The molecule has 1 fully saturated rings. The number of carbonyl (C=O) groups is 1. The highest BCUT2D eigenvalue weighted by molar-refractivity contribution is 7.09. The van der Waals surface area contributed by atoms with Gasteiger partial charge in [0.05, 0.1) is 17.1 Å². The van der Waals surface area contributed by atoms with Gasteiger partial charge in [-0.05, 0) is 18.9 Å². The van der Waals surface area contributed by atoms with Crippen molar-refractivity contribution in [2.24, 2.45) is 5.92 Å². The standard InChI is InChI=1S/C17H20N2O2S/c1-12-18-16(11-22-12)15-4-2-13(3-5-15)8-17(21)19-7-6-14(9-19)10-20/h2-5,11,14,20H,6-10H2,1H3. The summed E-state index contributed by atoms with van der Waals surface area (Å²) in [6.45, 7) is 3.62. The minimum absolute atomic E-state index is 0.146. The molecule has 1 aliphatic heterocycles. The number of aromatic nitrogens is 1. The first-order chi connectivity index (χ1) is 10.7. The molecule has 1 atom stereocenters. The van der Waals surface area contributed by atoms with Crippen LogP contribution >= 0.6 is 11.3 Å². The van der Waals surface area contributed by atoms with Crippen molar-refractivity contribution in [3.05, 3.63) is 40.2 Å². The predicted octanol–water partition coefficient (Wildman–Crippen LogP) is 2.50. The summed E-state index contributed by atoms with van der Waals surface area (Å²) < 4.78 is 0. The Morgan fingerprint density at radius 2 is 2.18 bits per heavy atom. The molecule has 1 N–H and O–H groups in total. The van der Waals surface area contributed by atoms with Crippen molar-refractivity contribution in [1.29, 1.82) is 0 Å². The number of aliphatic hydroxyl groups is 1. The van der Waals surface area contributed by atoms with Gasteiger partial charge >= 0.3 is 0 Å². The first kappa shape index (κ1) is 15.2. The second-order valence-corrected chi connectivity index (χ2v) is 6.86. The molecule has 1 saturated heterocycles. The maximum Gasteiger partial charge on any atom is 0.227 e. The first-order valence-corrected chi connectivity index (χ1v) is 8.44. The van der Waals surface area contributed by atoms with E-state index in [4.69, 9.17) is 5.11 Å². The Hall–Kier alpha value is -1.72. The van der Waals surface area contributed by atoms with Gasteiger partial charge in [-0.15, -0.1) is 11.3 Å². The zero-order valence-electron chi connectivity index (χ0n) is 12.7. The Bertz CT molecular complexity index is 651. The SMILES string of the molecule is Cc1nc(-c2ccc(CC(=O)N3CCC(CO)C3)cc2)cs1. The highest BCUT2D eigenvalue weighted by atomic mass is 32.1. The summed E-state index contributed by atoms with van der Waals surface area (Å²) in [6.07, 6.45) is 1.33. The van der Waals surface area contributed by atoms with E-state index in [-0.39, 0.29) is 18.4 Å². The van der Waals surface area contributed by atoms with Crippen molar-refractivity contribution >= 4 is 17.2 Å². The lowest BCUT2D eigenvalue weighted by molar-refractivity contribution is -0.129. The second-order valence-electron chi connectivity index (χ2n) is 5.80. The van der Waals surface area contributed by atoms with Crippen LogP contribution in [-0.4, -0.2) is 40.6 Å². The topological polar surface area (TPSA) is 53.4 Å². The molecule has 2 heterocycles. The number of nitrogens with zero attached hydrogens (tertiary/aromatic N) is 2. The summed E-state index contributed by atoms with van der Waals surface area (Å²) in [5, 5.41) is 12.3. The third-order valence-electron chi connectivity index (χ3n) is 4.12. The van der Waals surface area contributed by atoms with Crippen molar-refractivity contribution in [3.63, 3.8) is 0 Å². The maximum absolute atomic E-state index is 12.3. The highest BCUT2D eigenvalue weighted by Gasteiger charge is 2.25. The van der Waals surface area contributed by atoms with Crippen LogP contribution in [0.4, 0.5) is 0 Å². The molecule has 0 saturated carbocycles. The largest absolute Gasteiger partial charge is 0.396 e. The van der Waals surface area contributed by atoms with E-state index in [0.717, 1.165) is 34.8 Å². The van der Waals surface area contributed by atoms with Crippen molar-refractivity contribution in [2.75, 3.05) is 19.7 Å². The van der Waals surface area contributed by atoms with Crippen LogP contribution in [0, 0.1) is 12.8 Å². The van der Waals surface area contributed by atoms with E-state index < -0.39 is 0 Å². The molecule has 0 spiro atoms. The summed E-state index contributed by atoms with van der Waals surface area (Å²) in [6, 6.07) is 8.05. The van der Waals surface area contributed by atoms with Gasteiger partial charge in [-0.1, -0.05) is 24.3 Å². The molecule has 1 amide bonds. The summed E-state index contributed by atoms with van der Waals surface area (Å²) in [7, 11) is 0. The van der Waals surface area contributed by atoms with Crippen LogP contribution in [0.25, 0.3) is 11.3 Å². The first-order valence-electron chi connectivity index (χ1n) is 7.56. The van der Waals surface area contributed by atoms with Crippen LogP contribution in [0.5, 0.6) is 0 Å². The fourth-order valence-corrected chi connectivity index (χ4v) is 3.41. The van der Waals surface area contributed by atoms with E-state index in [9.17, 15) is 4.79 Å². The monoisotopic (exact) mass is 316 g/mol. The molecular weight excluding hydrogens is 296 g/mol. The zero-order chi connectivity index (χ0) is 15.5. The average Bonchev–Trinajstić information content (AvgIpc) is 3.17. The minimum Gasteiger partial charge on any atom is -0.396 e. The lowest BCUT2D eigenvalue weighted by Gasteiger charge is -2.16. The summed E-state index contributed by atoms with van der Waals surface area (Å²) in [4.78, 5) is 18.6. The average molecular weight is 316 g/mol.